The van der Waals surface area contributed by atoms with Gasteiger partial charge in [0, 0.05) is 19.1 Å². The molecule has 0 radical (unpaired) electrons. The van der Waals surface area contributed by atoms with Crippen molar-refractivity contribution in [3.8, 4) is 0 Å². The maximum absolute atomic E-state index is 5.59. The lowest BCUT2D eigenvalue weighted by molar-refractivity contribution is -0.154. The lowest BCUT2D eigenvalue weighted by atomic mass is 10.1. The molecular formula is C18H32O2. The molecule has 0 saturated heterocycles. The van der Waals surface area contributed by atoms with Gasteiger partial charge in [0.15, 0.2) is 6.29 Å². The Morgan fingerprint density at radius 1 is 1.05 bits per heavy atom. The molecule has 2 heteroatoms. The molecular weight excluding hydrogens is 248 g/mol. The van der Waals surface area contributed by atoms with Crippen LogP contribution in [0.2, 0.25) is 0 Å². The van der Waals surface area contributed by atoms with Crippen LogP contribution >= 0.6 is 0 Å². The topological polar surface area (TPSA) is 18.5 Å². The normalized spacial score (nSPS) is 14.1. The molecule has 0 aromatic heterocycles. The van der Waals surface area contributed by atoms with Crippen LogP contribution in [0.1, 0.15) is 54.4 Å². The molecule has 0 saturated carbocycles. The van der Waals surface area contributed by atoms with Crippen LogP contribution in [0.3, 0.4) is 0 Å². The van der Waals surface area contributed by atoms with Crippen LogP contribution in [0, 0.1) is 5.92 Å². The van der Waals surface area contributed by atoms with Crippen LogP contribution in [-0.2, 0) is 9.47 Å². The predicted octanol–water partition coefficient (Wildman–Crippen LogP) is 5.27. The Morgan fingerprint density at radius 2 is 1.65 bits per heavy atom. The fourth-order valence-corrected chi connectivity index (χ4v) is 1.84. The van der Waals surface area contributed by atoms with Gasteiger partial charge in [0.25, 0.3) is 0 Å². The highest BCUT2D eigenvalue weighted by atomic mass is 16.7. The molecule has 1 unspecified atom stereocenters. The molecule has 0 N–H and O–H groups in total. The van der Waals surface area contributed by atoms with Gasteiger partial charge in [-0.25, -0.2) is 0 Å². The van der Waals surface area contributed by atoms with Crippen molar-refractivity contribution in [1.82, 2.24) is 0 Å². The van der Waals surface area contributed by atoms with Crippen molar-refractivity contribution in [2.24, 2.45) is 5.92 Å². The third-order valence-electron chi connectivity index (χ3n) is 2.98. The van der Waals surface area contributed by atoms with Gasteiger partial charge < -0.3 is 9.47 Å². The van der Waals surface area contributed by atoms with Gasteiger partial charge in [0.1, 0.15) is 0 Å². The molecule has 0 rings (SSSR count). The summed E-state index contributed by atoms with van der Waals surface area (Å²) in [6, 6.07) is 0. The summed E-state index contributed by atoms with van der Waals surface area (Å²) in [6.07, 6.45) is 10.8. The van der Waals surface area contributed by atoms with Crippen LogP contribution in [0.4, 0.5) is 0 Å². The molecule has 0 spiro atoms. The number of rotatable bonds is 10. The summed E-state index contributed by atoms with van der Waals surface area (Å²) in [5.74, 6) is 0.261. The molecule has 1 atom stereocenters. The van der Waals surface area contributed by atoms with Crippen molar-refractivity contribution in [2.45, 2.75) is 60.7 Å². The fourth-order valence-electron chi connectivity index (χ4n) is 1.84. The average Bonchev–Trinajstić information content (AvgIpc) is 2.38. The number of hydrogen-bond acceptors (Lipinski definition) is 2. The van der Waals surface area contributed by atoms with Gasteiger partial charge in [0.05, 0.1) is 0 Å². The summed E-state index contributed by atoms with van der Waals surface area (Å²) in [5.41, 5.74) is 2.79. The molecule has 0 aromatic carbocycles. The molecule has 0 aromatic rings. The first kappa shape index (κ1) is 19.1. The molecule has 0 bridgehead atoms. The van der Waals surface area contributed by atoms with Gasteiger partial charge in [-0.05, 0) is 47.5 Å². The van der Waals surface area contributed by atoms with Gasteiger partial charge >= 0.3 is 0 Å². The van der Waals surface area contributed by atoms with Crippen molar-refractivity contribution in [3.63, 3.8) is 0 Å². The molecule has 0 aliphatic heterocycles. The van der Waals surface area contributed by atoms with E-state index >= 15 is 0 Å². The van der Waals surface area contributed by atoms with E-state index in [1.54, 1.807) is 0 Å². The highest BCUT2D eigenvalue weighted by Crippen LogP contribution is 2.12. The third kappa shape index (κ3) is 9.99. The van der Waals surface area contributed by atoms with Crippen molar-refractivity contribution >= 4 is 0 Å². The first-order valence-electron chi connectivity index (χ1n) is 7.71. The summed E-state index contributed by atoms with van der Waals surface area (Å²) < 4.78 is 11.2. The van der Waals surface area contributed by atoms with Gasteiger partial charge in [-0.15, -0.1) is 0 Å². The quantitative estimate of drug-likeness (QED) is 0.308. The molecule has 2 nitrogen and oxygen atoms in total. The monoisotopic (exact) mass is 280 g/mol. The Balaban J connectivity index is 4.27. The van der Waals surface area contributed by atoms with Crippen molar-refractivity contribution in [2.75, 3.05) is 13.2 Å². The van der Waals surface area contributed by atoms with Gasteiger partial charge in [-0.3, -0.25) is 0 Å². The second kappa shape index (κ2) is 11.9. The van der Waals surface area contributed by atoms with E-state index in [-0.39, 0.29) is 12.2 Å². The molecule has 116 valence electrons. The summed E-state index contributed by atoms with van der Waals surface area (Å²) >= 11 is 0. The second-order valence-corrected chi connectivity index (χ2v) is 5.36. The van der Waals surface area contributed by atoms with Crippen molar-refractivity contribution in [1.29, 1.82) is 0 Å². The smallest absolute Gasteiger partial charge is 0.163 e. The van der Waals surface area contributed by atoms with Crippen molar-refractivity contribution < 1.29 is 9.47 Å². The lowest BCUT2D eigenvalue weighted by Crippen LogP contribution is -2.24. The number of ether oxygens (including phenoxy) is 2. The standard InChI is InChI=1S/C18H32O2/c1-7-19-18(20-8-2)17(6)14-10-13-16(5)12-9-11-15(3)4/h10-11,13-14,17-18H,7-9,12H2,1-6H3. The highest BCUT2D eigenvalue weighted by molar-refractivity contribution is 5.12. The maximum Gasteiger partial charge on any atom is 0.163 e. The van der Waals surface area contributed by atoms with E-state index in [0.29, 0.717) is 13.2 Å². The predicted molar refractivity (Wildman–Crippen MR) is 87.8 cm³/mol. The van der Waals surface area contributed by atoms with E-state index in [9.17, 15) is 0 Å². The minimum atomic E-state index is -0.138. The number of allylic oxidation sites excluding steroid dienone is 5. The van der Waals surface area contributed by atoms with Crippen LogP contribution in [-0.4, -0.2) is 19.5 Å². The summed E-state index contributed by atoms with van der Waals surface area (Å²) in [5, 5.41) is 0. The van der Waals surface area contributed by atoms with Gasteiger partial charge in [-0.1, -0.05) is 42.4 Å². The van der Waals surface area contributed by atoms with Crippen LogP contribution in [0.15, 0.2) is 35.5 Å². The Kier molecular flexibility index (Phi) is 11.4. The molecule has 0 heterocycles. The van der Waals surface area contributed by atoms with E-state index < -0.39 is 0 Å². The largest absolute Gasteiger partial charge is 0.352 e. The minimum Gasteiger partial charge on any atom is -0.352 e. The zero-order valence-corrected chi connectivity index (χ0v) is 14.1. The van der Waals surface area contributed by atoms with E-state index in [4.69, 9.17) is 9.47 Å². The summed E-state index contributed by atoms with van der Waals surface area (Å²) in [4.78, 5) is 0. The van der Waals surface area contributed by atoms with E-state index in [1.807, 2.05) is 13.8 Å². The Hall–Kier alpha value is -0.860. The van der Waals surface area contributed by atoms with Gasteiger partial charge in [-0.2, -0.15) is 0 Å². The SMILES string of the molecule is CCOC(OCC)C(C)C=CC=C(C)CCC=C(C)C. The van der Waals surface area contributed by atoms with Crippen molar-refractivity contribution in [3.05, 3.63) is 35.5 Å². The first-order valence-corrected chi connectivity index (χ1v) is 7.71. The fraction of sp³-hybridized carbons (Fsp3) is 0.667. The van der Waals surface area contributed by atoms with E-state index in [0.717, 1.165) is 12.8 Å². The average molecular weight is 280 g/mol. The maximum atomic E-state index is 5.59. The minimum absolute atomic E-state index is 0.138. The van der Waals surface area contributed by atoms with Crippen LogP contribution in [0.5, 0.6) is 0 Å². The number of hydrogen-bond donors (Lipinski definition) is 0. The first-order chi connectivity index (χ1) is 9.51. The highest BCUT2D eigenvalue weighted by Gasteiger charge is 2.14. The van der Waals surface area contributed by atoms with E-state index in [1.165, 1.54) is 11.1 Å². The molecule has 20 heavy (non-hydrogen) atoms. The zero-order chi connectivity index (χ0) is 15.4. The third-order valence-corrected chi connectivity index (χ3v) is 2.98. The summed E-state index contributed by atoms with van der Waals surface area (Å²) in [7, 11) is 0. The Labute approximate surface area is 125 Å². The van der Waals surface area contributed by atoms with Crippen LogP contribution < -0.4 is 0 Å². The lowest BCUT2D eigenvalue weighted by Gasteiger charge is -2.20. The molecule has 0 aliphatic carbocycles. The Bertz CT molecular complexity index is 316. The second-order valence-electron chi connectivity index (χ2n) is 5.36. The molecule has 0 aliphatic rings. The zero-order valence-electron chi connectivity index (χ0n) is 14.1. The van der Waals surface area contributed by atoms with Crippen LogP contribution in [0.25, 0.3) is 0 Å². The van der Waals surface area contributed by atoms with Gasteiger partial charge in [0.2, 0.25) is 0 Å². The van der Waals surface area contributed by atoms with E-state index in [2.05, 4.69) is 52.0 Å². The Morgan fingerprint density at radius 3 is 2.15 bits per heavy atom. The summed E-state index contributed by atoms with van der Waals surface area (Å²) in [6.45, 7) is 13.9. The molecule has 0 fully saturated rings. The molecule has 0 amide bonds.